The topological polar surface area (TPSA) is 119 Å². The molecule has 3 heterocycles. The van der Waals surface area contributed by atoms with Crippen LogP contribution in [-0.2, 0) is 26.2 Å². The fourth-order valence-corrected chi connectivity index (χ4v) is 6.95. The Morgan fingerprint density at radius 1 is 1.22 bits per heavy atom. The number of aromatic nitrogens is 2. The predicted octanol–water partition coefficient (Wildman–Crippen LogP) is 5.68. The summed E-state index contributed by atoms with van der Waals surface area (Å²) in [6.45, 7) is 12.1. The zero-order valence-corrected chi connectivity index (χ0v) is 26.1. The zero-order chi connectivity index (χ0) is 30.1. The van der Waals surface area contributed by atoms with Gasteiger partial charge >= 0.3 is 11.9 Å². The molecule has 0 radical (unpaired) electrons. The number of aryl methyl sites for hydroxylation is 1. The van der Waals surface area contributed by atoms with Crippen molar-refractivity contribution in [2.45, 2.75) is 71.4 Å². The molecule has 41 heavy (non-hydrogen) atoms. The van der Waals surface area contributed by atoms with Crippen molar-refractivity contribution >= 4 is 40.5 Å². The minimum atomic E-state index is -1.77. The Bertz CT molecular complexity index is 1410. The van der Waals surface area contributed by atoms with Gasteiger partial charge in [0.25, 0.3) is 5.91 Å². The van der Waals surface area contributed by atoms with Crippen molar-refractivity contribution < 1.29 is 29.0 Å². The molecule has 0 saturated carbocycles. The smallest absolute Gasteiger partial charge is 0.330 e. The van der Waals surface area contributed by atoms with Crippen LogP contribution in [0.3, 0.4) is 0 Å². The lowest BCUT2D eigenvalue weighted by Gasteiger charge is -2.37. The first-order chi connectivity index (χ1) is 19.3. The molecule has 3 aromatic rings. The van der Waals surface area contributed by atoms with E-state index in [-0.39, 0.29) is 36.3 Å². The number of thiazole rings is 2. The number of nitrogens with zero attached hydrogens (tertiary/aromatic N) is 3. The van der Waals surface area contributed by atoms with Gasteiger partial charge < -0.3 is 19.5 Å². The summed E-state index contributed by atoms with van der Waals surface area (Å²) in [6.07, 6.45) is 3.08. The van der Waals surface area contributed by atoms with Crippen LogP contribution in [0.25, 0.3) is 0 Å². The molecule has 220 valence electrons. The average Bonchev–Trinajstić information content (AvgIpc) is 3.65. The first-order valence-electron chi connectivity index (χ1n) is 13.5. The SMILES string of the molecule is COc1cc(C(=O)N2C(c3ncc(C)s3)C(C(=O)OCC(C)C)CC2(Cc2nccs2)C(=O)O)ccc1C(C)(C)C. The van der Waals surface area contributed by atoms with Gasteiger partial charge in [0.1, 0.15) is 16.3 Å². The summed E-state index contributed by atoms with van der Waals surface area (Å²) in [5.41, 5.74) is -0.847. The van der Waals surface area contributed by atoms with Gasteiger partial charge in [-0.05, 0) is 42.4 Å². The molecular formula is C30H37N3O6S2. The van der Waals surface area contributed by atoms with Crippen molar-refractivity contribution in [3.63, 3.8) is 0 Å². The Morgan fingerprint density at radius 3 is 2.49 bits per heavy atom. The van der Waals surface area contributed by atoms with E-state index >= 15 is 0 Å². The van der Waals surface area contributed by atoms with Crippen LogP contribution in [0.4, 0.5) is 0 Å². The minimum absolute atomic E-state index is 0.0578. The lowest BCUT2D eigenvalue weighted by molar-refractivity contribution is -0.150. The van der Waals surface area contributed by atoms with Crippen molar-refractivity contribution in [2.24, 2.45) is 11.8 Å². The van der Waals surface area contributed by atoms with Gasteiger partial charge in [-0.2, -0.15) is 0 Å². The maximum absolute atomic E-state index is 14.6. The van der Waals surface area contributed by atoms with Crippen molar-refractivity contribution in [3.8, 4) is 5.75 Å². The largest absolute Gasteiger partial charge is 0.496 e. The van der Waals surface area contributed by atoms with Gasteiger partial charge in [-0.3, -0.25) is 9.59 Å². The lowest BCUT2D eigenvalue weighted by Crippen LogP contribution is -2.55. The highest BCUT2D eigenvalue weighted by Gasteiger charge is 2.62. The second-order valence-electron chi connectivity index (χ2n) is 11.9. The monoisotopic (exact) mass is 599 g/mol. The molecule has 4 rings (SSSR count). The van der Waals surface area contributed by atoms with Crippen molar-refractivity contribution in [1.29, 1.82) is 0 Å². The van der Waals surface area contributed by atoms with Crippen LogP contribution in [0.5, 0.6) is 5.75 Å². The molecule has 3 atom stereocenters. The van der Waals surface area contributed by atoms with Crippen molar-refractivity contribution in [2.75, 3.05) is 13.7 Å². The predicted molar refractivity (Wildman–Crippen MR) is 158 cm³/mol. The molecule has 1 fully saturated rings. The number of carbonyl (C=O) groups excluding carboxylic acids is 2. The highest BCUT2D eigenvalue weighted by Crippen LogP contribution is 2.51. The molecule has 1 aliphatic rings. The first kappa shape index (κ1) is 30.6. The Hall–Kier alpha value is -3.31. The maximum atomic E-state index is 14.6. The summed E-state index contributed by atoms with van der Waals surface area (Å²) in [7, 11) is 1.54. The Morgan fingerprint density at radius 2 is 1.95 bits per heavy atom. The van der Waals surface area contributed by atoms with Crippen LogP contribution in [0.15, 0.2) is 36.0 Å². The highest BCUT2D eigenvalue weighted by atomic mass is 32.1. The van der Waals surface area contributed by atoms with E-state index in [0.717, 1.165) is 10.4 Å². The molecular weight excluding hydrogens is 562 g/mol. The number of hydrogen-bond donors (Lipinski definition) is 1. The van der Waals surface area contributed by atoms with Crippen LogP contribution in [-0.4, -0.2) is 57.1 Å². The minimum Gasteiger partial charge on any atom is -0.496 e. The van der Waals surface area contributed by atoms with Crippen molar-refractivity contribution in [1.82, 2.24) is 14.9 Å². The van der Waals surface area contributed by atoms with E-state index in [1.54, 1.807) is 37.0 Å². The van der Waals surface area contributed by atoms with Crippen LogP contribution in [0.2, 0.25) is 0 Å². The number of aliphatic carboxylic acids is 1. The molecule has 3 unspecified atom stereocenters. The zero-order valence-electron chi connectivity index (χ0n) is 24.5. The normalized spacial score (nSPS) is 20.8. The van der Waals surface area contributed by atoms with Gasteiger partial charge in [0.2, 0.25) is 0 Å². The second-order valence-corrected chi connectivity index (χ2v) is 14.1. The number of methoxy groups -OCH3 is 1. The van der Waals surface area contributed by atoms with Gasteiger partial charge in [-0.25, -0.2) is 14.8 Å². The summed E-state index contributed by atoms with van der Waals surface area (Å²) < 4.78 is 11.3. The molecule has 1 aliphatic heterocycles. The fourth-order valence-electron chi connectivity index (χ4n) is 5.30. The fraction of sp³-hybridized carbons (Fsp3) is 0.500. The van der Waals surface area contributed by atoms with E-state index in [9.17, 15) is 19.5 Å². The third-order valence-electron chi connectivity index (χ3n) is 7.23. The summed E-state index contributed by atoms with van der Waals surface area (Å²) in [5, 5.41) is 13.7. The Kier molecular flexibility index (Phi) is 8.89. The molecule has 1 N–H and O–H groups in total. The third-order valence-corrected chi connectivity index (χ3v) is 9.00. The van der Waals surface area contributed by atoms with E-state index in [4.69, 9.17) is 9.47 Å². The van der Waals surface area contributed by atoms with Gasteiger partial charge in [-0.15, -0.1) is 22.7 Å². The number of hydrogen-bond acceptors (Lipinski definition) is 9. The molecule has 1 aromatic carbocycles. The van der Waals surface area contributed by atoms with Crippen LogP contribution >= 0.6 is 22.7 Å². The molecule has 0 aliphatic carbocycles. The Labute approximate surface area is 248 Å². The first-order valence-corrected chi connectivity index (χ1v) is 15.2. The summed E-state index contributed by atoms with van der Waals surface area (Å²) in [4.78, 5) is 52.6. The van der Waals surface area contributed by atoms with Crippen LogP contribution in [0.1, 0.15) is 77.9 Å². The van der Waals surface area contributed by atoms with E-state index in [2.05, 4.69) is 9.97 Å². The molecule has 1 saturated heterocycles. The number of carboxylic acid groups (broad SMARTS) is 1. The number of ether oxygens (including phenoxy) is 2. The second kappa shape index (κ2) is 11.9. The molecule has 2 aromatic heterocycles. The maximum Gasteiger partial charge on any atom is 0.330 e. The van der Waals surface area contributed by atoms with Gasteiger partial charge in [0.15, 0.2) is 0 Å². The average molecular weight is 600 g/mol. The Balaban J connectivity index is 1.91. The van der Waals surface area contributed by atoms with E-state index in [0.29, 0.717) is 15.8 Å². The van der Waals surface area contributed by atoms with Gasteiger partial charge in [0, 0.05) is 34.6 Å². The molecule has 1 amide bonds. The van der Waals surface area contributed by atoms with Crippen LogP contribution in [0, 0.1) is 18.8 Å². The van der Waals surface area contributed by atoms with Gasteiger partial charge in [0.05, 0.1) is 30.7 Å². The summed E-state index contributed by atoms with van der Waals surface area (Å²) in [5.74, 6) is -2.60. The lowest BCUT2D eigenvalue weighted by atomic mass is 9.85. The number of rotatable bonds is 9. The standard InChI is InChI=1S/C30H37N3O6S2/c1-17(2)16-39-27(35)20-13-30(28(36)37,14-23-31-10-11-40-23)33(24(20)25-32-15-18(3)41-25)26(34)19-8-9-21(29(4,5)6)22(12-19)38-7/h8-12,15,17,20,24H,13-14,16H2,1-7H3,(H,36,37). The molecule has 0 bridgehead atoms. The number of carbonyl (C=O) groups is 3. The molecule has 9 nitrogen and oxygen atoms in total. The highest BCUT2D eigenvalue weighted by molar-refractivity contribution is 7.11. The number of amides is 1. The molecule has 11 heteroatoms. The molecule has 0 spiro atoms. The number of carboxylic acids is 1. The van der Waals surface area contributed by atoms with Crippen molar-refractivity contribution in [3.05, 3.63) is 62.0 Å². The van der Waals surface area contributed by atoms with Gasteiger partial charge in [-0.1, -0.05) is 40.7 Å². The third kappa shape index (κ3) is 6.16. The summed E-state index contributed by atoms with van der Waals surface area (Å²) >= 11 is 2.65. The number of likely N-dealkylation sites (tertiary alicyclic amines) is 1. The number of esters is 1. The summed E-state index contributed by atoms with van der Waals surface area (Å²) in [6, 6.07) is 4.23. The van der Waals surface area contributed by atoms with E-state index < -0.39 is 35.3 Å². The van der Waals surface area contributed by atoms with E-state index in [1.165, 1.54) is 27.6 Å². The quantitative estimate of drug-likeness (QED) is 0.312. The number of benzene rings is 1. The van der Waals surface area contributed by atoms with E-state index in [1.807, 2.05) is 47.6 Å². The van der Waals surface area contributed by atoms with Crippen LogP contribution < -0.4 is 4.74 Å².